The van der Waals surface area contributed by atoms with E-state index in [1.54, 1.807) is 24.9 Å². The van der Waals surface area contributed by atoms with Crippen LogP contribution in [0.15, 0.2) is 76.3 Å². The number of hydrogen-bond acceptors (Lipinski definition) is 9. The zero-order valence-electron chi connectivity index (χ0n) is 33.9. The van der Waals surface area contributed by atoms with Gasteiger partial charge in [-0.1, -0.05) is 55.4 Å². The number of carbonyl (C=O) groups excluding carboxylic acids is 2. The Morgan fingerprint density at radius 3 is 2.57 bits per heavy atom. The number of aliphatic hydroxyl groups is 2. The van der Waals surface area contributed by atoms with Crippen molar-refractivity contribution in [1.82, 2.24) is 5.32 Å². The summed E-state index contributed by atoms with van der Waals surface area (Å²) < 4.78 is 21.2. The van der Waals surface area contributed by atoms with Crippen LogP contribution in [0.3, 0.4) is 0 Å². The lowest BCUT2D eigenvalue weighted by atomic mass is 9.47. The van der Waals surface area contributed by atoms with Crippen molar-refractivity contribution in [2.24, 2.45) is 17.8 Å². The molecule has 2 aromatic carbocycles. The van der Waals surface area contributed by atoms with Crippen molar-refractivity contribution >= 4 is 40.9 Å². The number of methoxy groups -OCH3 is 1. The Balaban J connectivity index is 1.53. The van der Waals surface area contributed by atoms with Gasteiger partial charge in [-0.2, -0.15) is 0 Å². The standard InChI is InChI=1S/C46H56N2O7S/c1-26(2)13-11-20-44(7)22-19-30-39(54-44)29(18-17-27(3)4)41-36(40(30)53-8)38-37-42(56-34-15-10-9-14-33(34)48-38)31-25-32(28(5)6)46(37,55-41)45(52,43(31)51)21-12-16-35(50)47-23-24-49/h9-10,12-17,19,22,28,31-32,42,48-49,52H,11,18,20-21,23-25H2,1-8H3,(H,47,50)/b16-12-. The largest absolute Gasteiger partial charge is 0.495 e. The molecule has 3 aliphatic heterocycles. The van der Waals surface area contributed by atoms with Gasteiger partial charge in [-0.3, -0.25) is 9.59 Å². The monoisotopic (exact) mass is 780 g/mol. The maximum Gasteiger partial charge on any atom is 0.243 e. The Bertz CT molecular complexity index is 2090. The van der Waals surface area contributed by atoms with Gasteiger partial charge in [0, 0.05) is 46.1 Å². The third-order valence-corrected chi connectivity index (χ3v) is 13.5. The fourth-order valence-corrected chi connectivity index (χ4v) is 10.9. The van der Waals surface area contributed by atoms with Crippen LogP contribution in [0.2, 0.25) is 0 Å². The number of ether oxygens (including phenoxy) is 3. The molecule has 6 unspecified atom stereocenters. The highest BCUT2D eigenvalue weighted by Gasteiger charge is 2.76. The fourth-order valence-electron chi connectivity index (χ4n) is 9.44. The molecule has 8 rings (SSSR count). The number of thioether (sulfide) groups is 1. The molecule has 0 radical (unpaired) electrons. The number of nitrogens with one attached hydrogen (secondary N) is 2. The van der Waals surface area contributed by atoms with Crippen LogP contribution in [0.4, 0.5) is 5.69 Å². The summed E-state index contributed by atoms with van der Waals surface area (Å²) >= 11 is 1.65. The van der Waals surface area contributed by atoms with Crippen molar-refractivity contribution in [1.29, 1.82) is 0 Å². The molecule has 3 fully saturated rings. The van der Waals surface area contributed by atoms with Gasteiger partial charge in [-0.25, -0.2) is 0 Å². The van der Waals surface area contributed by atoms with Gasteiger partial charge in [0.05, 0.1) is 36.2 Å². The Labute approximate surface area is 335 Å². The van der Waals surface area contributed by atoms with Gasteiger partial charge in [0.25, 0.3) is 0 Å². The molecule has 1 spiro atoms. The number of Topliss-reactive ketones (excluding diaryl/α,β-unsaturated/α-hetero) is 1. The minimum Gasteiger partial charge on any atom is -0.495 e. The zero-order valence-corrected chi connectivity index (χ0v) is 34.7. The highest BCUT2D eigenvalue weighted by Crippen LogP contribution is 2.68. The van der Waals surface area contributed by atoms with E-state index in [9.17, 15) is 15.0 Å². The van der Waals surface area contributed by atoms with Gasteiger partial charge in [0.2, 0.25) is 5.91 Å². The van der Waals surface area contributed by atoms with Crippen LogP contribution >= 0.6 is 11.8 Å². The fraction of sp³-hybridized carbons (Fsp3) is 0.478. The molecular formula is C46H56N2O7S. The maximum absolute atomic E-state index is 15.1. The summed E-state index contributed by atoms with van der Waals surface area (Å²) in [6, 6.07) is 8.13. The van der Waals surface area contributed by atoms with E-state index in [0.717, 1.165) is 57.0 Å². The summed E-state index contributed by atoms with van der Waals surface area (Å²) in [6.07, 6.45) is 14.0. The number of para-hydroxylation sites is 1. The highest BCUT2D eigenvalue weighted by molar-refractivity contribution is 8.00. The number of rotatable bonds is 12. The molecule has 3 heterocycles. The van der Waals surface area contributed by atoms with E-state index in [-0.39, 0.29) is 42.4 Å². The third-order valence-electron chi connectivity index (χ3n) is 12.1. The molecule has 1 amide bonds. The molecule has 6 atom stereocenters. The number of carbonyl (C=O) groups is 2. The second-order valence-corrected chi connectivity index (χ2v) is 18.0. The summed E-state index contributed by atoms with van der Waals surface area (Å²) in [6.45, 7) is 14.6. The molecule has 3 saturated carbocycles. The van der Waals surface area contributed by atoms with E-state index >= 15 is 4.79 Å². The van der Waals surface area contributed by atoms with Crippen LogP contribution in [0.5, 0.6) is 17.2 Å². The molecule has 56 heavy (non-hydrogen) atoms. The molecule has 10 heteroatoms. The molecule has 9 nitrogen and oxygen atoms in total. The number of hydrogen-bond donors (Lipinski definition) is 4. The van der Waals surface area contributed by atoms with Gasteiger partial charge < -0.3 is 35.1 Å². The van der Waals surface area contributed by atoms with E-state index in [1.165, 1.54) is 11.6 Å². The summed E-state index contributed by atoms with van der Waals surface area (Å²) in [5.74, 6) is 0.333. The first-order chi connectivity index (χ1) is 26.7. The molecule has 3 aliphatic carbocycles. The van der Waals surface area contributed by atoms with E-state index in [0.29, 0.717) is 30.1 Å². The average molecular weight is 781 g/mol. The quantitative estimate of drug-likeness (QED) is 0.125. The predicted octanol–water partition coefficient (Wildman–Crippen LogP) is 8.20. The van der Waals surface area contributed by atoms with Gasteiger partial charge in [0.15, 0.2) is 17.0 Å². The van der Waals surface area contributed by atoms with Crippen LogP contribution in [-0.4, -0.2) is 64.2 Å². The number of anilines is 1. The van der Waals surface area contributed by atoms with Crippen molar-refractivity contribution in [3.63, 3.8) is 0 Å². The summed E-state index contributed by atoms with van der Waals surface area (Å²) in [5.41, 5.74) is 3.15. The summed E-state index contributed by atoms with van der Waals surface area (Å²) in [5, 5.41) is 28.8. The van der Waals surface area contributed by atoms with Crippen molar-refractivity contribution < 1.29 is 34.0 Å². The Morgan fingerprint density at radius 2 is 1.88 bits per heavy atom. The van der Waals surface area contributed by atoms with Crippen LogP contribution in [0.25, 0.3) is 11.8 Å². The van der Waals surface area contributed by atoms with Crippen LogP contribution < -0.4 is 24.8 Å². The van der Waals surface area contributed by atoms with Crippen LogP contribution in [0, 0.1) is 17.8 Å². The number of amides is 1. The van der Waals surface area contributed by atoms with Gasteiger partial charge in [0.1, 0.15) is 22.8 Å². The second kappa shape index (κ2) is 15.3. The highest BCUT2D eigenvalue weighted by atomic mass is 32.2. The van der Waals surface area contributed by atoms with E-state index in [1.807, 2.05) is 12.1 Å². The number of aliphatic hydroxyl groups excluding tert-OH is 1. The van der Waals surface area contributed by atoms with Crippen molar-refractivity contribution in [2.45, 2.75) is 108 Å². The number of ketones is 1. The molecule has 2 bridgehead atoms. The van der Waals surface area contributed by atoms with Crippen LogP contribution in [-0.2, 0) is 16.0 Å². The molecule has 4 N–H and O–H groups in total. The van der Waals surface area contributed by atoms with Gasteiger partial charge in [-0.15, -0.1) is 11.8 Å². The molecule has 0 aromatic heterocycles. The van der Waals surface area contributed by atoms with Crippen molar-refractivity contribution in [3.05, 3.63) is 88.1 Å². The number of fused-ring (bicyclic) bond motifs is 6. The van der Waals surface area contributed by atoms with Gasteiger partial charge in [-0.05, 0) is 96.6 Å². The number of allylic oxidation sites excluding steroid dienone is 4. The lowest BCUT2D eigenvalue weighted by molar-refractivity contribution is -0.203. The molecule has 2 aromatic rings. The normalized spacial score (nSPS) is 27.9. The molecule has 0 saturated heterocycles. The smallest absolute Gasteiger partial charge is 0.243 e. The first-order valence-corrected chi connectivity index (χ1v) is 20.8. The molecule has 298 valence electrons. The average Bonchev–Trinajstić information content (AvgIpc) is 3.32. The lowest BCUT2D eigenvalue weighted by Crippen LogP contribution is -2.78. The third kappa shape index (κ3) is 6.51. The van der Waals surface area contributed by atoms with Gasteiger partial charge >= 0.3 is 0 Å². The zero-order chi connectivity index (χ0) is 40.2. The van der Waals surface area contributed by atoms with E-state index < -0.39 is 28.6 Å². The number of benzene rings is 2. The first-order valence-electron chi connectivity index (χ1n) is 19.9. The molecule has 6 aliphatic rings. The van der Waals surface area contributed by atoms with Crippen molar-refractivity contribution in [3.8, 4) is 17.2 Å². The Hall–Kier alpha value is -4.25. The SMILES string of the molecule is COc1c2c(c(CC=C(C)C)c3c1C1=C4C(Sc5ccccc5N1)C1CC(C(C)C)C4(O3)C(O)(C/C=C\C(=O)NCCO)C1=O)OC(C)(CCC=C(C)C)C=C2. The second-order valence-electron chi connectivity index (χ2n) is 16.8. The minimum atomic E-state index is -2.03. The topological polar surface area (TPSA) is 126 Å². The minimum absolute atomic E-state index is 0.0131. The summed E-state index contributed by atoms with van der Waals surface area (Å²) in [4.78, 5) is 28.8. The Morgan fingerprint density at radius 1 is 1.12 bits per heavy atom. The first kappa shape index (κ1) is 40.0. The lowest BCUT2D eigenvalue weighted by Gasteiger charge is -2.64. The predicted molar refractivity (Wildman–Crippen MR) is 223 cm³/mol. The van der Waals surface area contributed by atoms with E-state index in [4.69, 9.17) is 14.2 Å². The van der Waals surface area contributed by atoms with Crippen molar-refractivity contribution in [2.75, 3.05) is 25.6 Å². The summed E-state index contributed by atoms with van der Waals surface area (Å²) in [7, 11) is 1.67. The Kier molecular flexibility index (Phi) is 10.9. The molecular weight excluding hydrogens is 725 g/mol. The van der Waals surface area contributed by atoms with Crippen LogP contribution in [0.1, 0.15) is 90.8 Å². The van der Waals surface area contributed by atoms with E-state index in [2.05, 4.69) is 95.5 Å². The maximum atomic E-state index is 15.1.